The SMILES string of the molecule is CC(C)CCc1ccc(C(=O)S)nc1. The van der Waals surface area contributed by atoms with Crippen molar-refractivity contribution in [3.63, 3.8) is 0 Å². The minimum absolute atomic E-state index is 0.277. The average Bonchev–Trinajstić information content (AvgIpc) is 2.15. The molecule has 0 spiro atoms. The predicted octanol–water partition coefficient (Wildman–Crippen LogP) is 2.74. The van der Waals surface area contributed by atoms with Crippen molar-refractivity contribution in [2.45, 2.75) is 26.7 Å². The molecule has 0 aliphatic heterocycles. The fourth-order valence-corrected chi connectivity index (χ4v) is 1.29. The van der Waals surface area contributed by atoms with Crippen LogP contribution in [0.4, 0.5) is 0 Å². The average molecular weight is 209 g/mol. The van der Waals surface area contributed by atoms with Gasteiger partial charge in [-0.2, -0.15) is 0 Å². The molecule has 0 radical (unpaired) electrons. The molecule has 3 heteroatoms. The Balaban J connectivity index is 2.60. The first kappa shape index (κ1) is 11.2. The maximum absolute atomic E-state index is 10.8. The minimum atomic E-state index is -0.277. The summed E-state index contributed by atoms with van der Waals surface area (Å²) in [6.07, 6.45) is 3.92. The highest BCUT2D eigenvalue weighted by Gasteiger charge is 2.02. The fraction of sp³-hybridized carbons (Fsp3) is 0.455. The molecule has 0 unspecified atom stereocenters. The standard InChI is InChI=1S/C11H15NOS/c1-8(2)3-4-9-5-6-10(11(13)14)12-7-9/h5-8H,3-4H2,1-2H3,(H,13,14). The van der Waals surface area contributed by atoms with Crippen molar-refractivity contribution in [1.82, 2.24) is 4.98 Å². The van der Waals surface area contributed by atoms with Crippen molar-refractivity contribution in [2.75, 3.05) is 0 Å². The Hall–Kier alpha value is -0.830. The zero-order valence-electron chi connectivity index (χ0n) is 8.53. The van der Waals surface area contributed by atoms with Crippen LogP contribution in [-0.4, -0.2) is 10.1 Å². The second-order valence-corrected chi connectivity index (χ2v) is 4.20. The van der Waals surface area contributed by atoms with Crippen molar-refractivity contribution in [1.29, 1.82) is 0 Å². The topological polar surface area (TPSA) is 30.0 Å². The summed E-state index contributed by atoms with van der Waals surface area (Å²) in [5.41, 5.74) is 1.60. The molecule has 1 aromatic heterocycles. The van der Waals surface area contributed by atoms with Crippen molar-refractivity contribution in [2.24, 2.45) is 5.92 Å². The van der Waals surface area contributed by atoms with Gasteiger partial charge in [0, 0.05) is 6.20 Å². The summed E-state index contributed by atoms with van der Waals surface area (Å²) in [5, 5.41) is -0.277. The highest BCUT2D eigenvalue weighted by molar-refractivity contribution is 7.97. The summed E-state index contributed by atoms with van der Waals surface area (Å²) in [5.74, 6) is 0.696. The van der Waals surface area contributed by atoms with E-state index in [2.05, 4.69) is 31.5 Å². The number of carbonyl (C=O) groups is 1. The van der Waals surface area contributed by atoms with Gasteiger partial charge in [-0.3, -0.25) is 9.78 Å². The van der Waals surface area contributed by atoms with E-state index < -0.39 is 0 Å². The Labute approximate surface area is 90.2 Å². The van der Waals surface area contributed by atoms with E-state index in [1.807, 2.05) is 6.07 Å². The van der Waals surface area contributed by atoms with E-state index in [4.69, 9.17) is 0 Å². The molecule has 0 N–H and O–H groups in total. The first-order valence-corrected chi connectivity index (χ1v) is 5.22. The van der Waals surface area contributed by atoms with Crippen molar-refractivity contribution < 1.29 is 4.79 Å². The normalized spacial score (nSPS) is 10.6. The van der Waals surface area contributed by atoms with Crippen molar-refractivity contribution >= 4 is 17.7 Å². The van der Waals surface area contributed by atoms with Crippen LogP contribution in [-0.2, 0) is 6.42 Å². The Morgan fingerprint density at radius 1 is 1.50 bits per heavy atom. The molecule has 2 nitrogen and oxygen atoms in total. The van der Waals surface area contributed by atoms with Gasteiger partial charge >= 0.3 is 0 Å². The number of rotatable bonds is 4. The summed E-state index contributed by atoms with van der Waals surface area (Å²) < 4.78 is 0. The quantitative estimate of drug-likeness (QED) is 0.773. The molecule has 0 aromatic carbocycles. The number of nitrogens with zero attached hydrogens (tertiary/aromatic N) is 1. The van der Waals surface area contributed by atoms with Gasteiger partial charge < -0.3 is 0 Å². The fourth-order valence-electron chi connectivity index (χ4n) is 1.15. The van der Waals surface area contributed by atoms with Crippen molar-refractivity contribution in [3.8, 4) is 0 Å². The Morgan fingerprint density at radius 2 is 2.21 bits per heavy atom. The molecule has 0 aliphatic carbocycles. The summed E-state index contributed by atoms with van der Waals surface area (Å²) in [4.78, 5) is 14.9. The molecular weight excluding hydrogens is 194 g/mol. The highest BCUT2D eigenvalue weighted by Crippen LogP contribution is 2.09. The van der Waals surface area contributed by atoms with Gasteiger partial charge in [0.15, 0.2) is 0 Å². The molecule has 14 heavy (non-hydrogen) atoms. The molecule has 0 aliphatic rings. The van der Waals surface area contributed by atoms with Gasteiger partial charge in [-0.05, 0) is 30.4 Å². The molecule has 76 valence electrons. The van der Waals surface area contributed by atoms with Crippen LogP contribution in [0.1, 0.15) is 36.3 Å². The Kier molecular flexibility index (Phi) is 4.14. The first-order valence-electron chi connectivity index (χ1n) is 4.78. The number of aromatic nitrogens is 1. The zero-order chi connectivity index (χ0) is 10.6. The molecule has 0 amide bonds. The lowest BCUT2D eigenvalue weighted by molar-refractivity contribution is 0.108. The largest absolute Gasteiger partial charge is 0.280 e. The number of carbonyl (C=O) groups excluding carboxylic acids is 1. The van der Waals surface area contributed by atoms with Gasteiger partial charge in [0.05, 0.1) is 0 Å². The third-order valence-corrected chi connectivity index (χ3v) is 2.28. The number of hydrogen-bond acceptors (Lipinski definition) is 2. The predicted molar refractivity (Wildman–Crippen MR) is 60.7 cm³/mol. The number of aryl methyl sites for hydroxylation is 1. The summed E-state index contributed by atoms with van der Waals surface area (Å²) in [6.45, 7) is 4.39. The second kappa shape index (κ2) is 5.15. The van der Waals surface area contributed by atoms with Crippen LogP contribution >= 0.6 is 12.6 Å². The molecular formula is C11H15NOS. The Bertz CT molecular complexity index is 306. The molecule has 0 atom stereocenters. The van der Waals surface area contributed by atoms with E-state index in [0.29, 0.717) is 11.6 Å². The van der Waals surface area contributed by atoms with Crippen LogP contribution < -0.4 is 0 Å². The second-order valence-electron chi connectivity index (χ2n) is 3.79. The zero-order valence-corrected chi connectivity index (χ0v) is 9.42. The lowest BCUT2D eigenvalue weighted by Gasteiger charge is -2.04. The van der Waals surface area contributed by atoms with E-state index in [-0.39, 0.29) is 5.12 Å². The molecule has 0 fully saturated rings. The molecule has 1 rings (SSSR count). The lowest BCUT2D eigenvalue weighted by Crippen LogP contribution is -1.97. The maximum atomic E-state index is 10.8. The highest BCUT2D eigenvalue weighted by atomic mass is 32.1. The van der Waals surface area contributed by atoms with Crippen LogP contribution in [0.2, 0.25) is 0 Å². The van der Waals surface area contributed by atoms with Crippen LogP contribution in [0, 0.1) is 5.92 Å². The third-order valence-electron chi connectivity index (χ3n) is 2.05. The molecule has 0 saturated heterocycles. The van der Waals surface area contributed by atoms with Gasteiger partial charge in [0.25, 0.3) is 0 Å². The Morgan fingerprint density at radius 3 is 2.64 bits per heavy atom. The van der Waals surface area contributed by atoms with Crippen molar-refractivity contribution in [3.05, 3.63) is 29.6 Å². The number of pyridine rings is 1. The summed E-state index contributed by atoms with van der Waals surface area (Å²) in [6, 6.07) is 3.67. The number of hydrogen-bond donors (Lipinski definition) is 1. The molecule has 0 saturated carbocycles. The van der Waals surface area contributed by atoms with E-state index in [1.54, 1.807) is 12.3 Å². The van der Waals surface area contributed by atoms with Crippen LogP contribution in [0.15, 0.2) is 18.3 Å². The minimum Gasteiger partial charge on any atom is -0.280 e. The first-order chi connectivity index (χ1) is 6.59. The van der Waals surface area contributed by atoms with Gasteiger partial charge in [-0.25, -0.2) is 0 Å². The smallest absolute Gasteiger partial charge is 0.234 e. The molecule has 1 aromatic rings. The van der Waals surface area contributed by atoms with Crippen LogP contribution in [0.5, 0.6) is 0 Å². The van der Waals surface area contributed by atoms with E-state index in [9.17, 15) is 4.79 Å². The molecule has 1 heterocycles. The van der Waals surface area contributed by atoms with Crippen LogP contribution in [0.3, 0.4) is 0 Å². The number of thiol groups is 1. The van der Waals surface area contributed by atoms with E-state index in [1.165, 1.54) is 5.56 Å². The maximum Gasteiger partial charge on any atom is 0.234 e. The van der Waals surface area contributed by atoms with Crippen LogP contribution in [0.25, 0.3) is 0 Å². The summed E-state index contributed by atoms with van der Waals surface area (Å²) >= 11 is 3.71. The third kappa shape index (κ3) is 3.50. The monoisotopic (exact) mass is 209 g/mol. The van der Waals surface area contributed by atoms with E-state index in [0.717, 1.165) is 12.8 Å². The molecule has 0 bridgehead atoms. The lowest BCUT2D eigenvalue weighted by atomic mass is 10.0. The van der Waals surface area contributed by atoms with Gasteiger partial charge in [-0.1, -0.05) is 32.5 Å². The summed E-state index contributed by atoms with van der Waals surface area (Å²) in [7, 11) is 0. The van der Waals surface area contributed by atoms with E-state index >= 15 is 0 Å². The van der Waals surface area contributed by atoms with Gasteiger partial charge in [-0.15, -0.1) is 0 Å². The van der Waals surface area contributed by atoms with Gasteiger partial charge in [0.2, 0.25) is 5.12 Å². The van der Waals surface area contributed by atoms with Gasteiger partial charge in [0.1, 0.15) is 5.69 Å².